The van der Waals surface area contributed by atoms with Crippen molar-refractivity contribution in [2.45, 2.75) is 38.3 Å². The van der Waals surface area contributed by atoms with E-state index in [4.69, 9.17) is 9.98 Å². The van der Waals surface area contributed by atoms with Crippen LogP contribution in [0.3, 0.4) is 0 Å². The van der Waals surface area contributed by atoms with Crippen LogP contribution < -0.4 is 5.32 Å². The number of amides is 1. The summed E-state index contributed by atoms with van der Waals surface area (Å²) in [7, 11) is 0. The van der Waals surface area contributed by atoms with Gasteiger partial charge in [-0.25, -0.2) is 4.99 Å². The molecule has 28 heavy (non-hydrogen) atoms. The maximum absolute atomic E-state index is 12.4. The number of aryl methyl sites for hydroxylation is 1. The van der Waals surface area contributed by atoms with Crippen molar-refractivity contribution in [2.75, 3.05) is 11.1 Å². The van der Waals surface area contributed by atoms with Crippen molar-refractivity contribution < 1.29 is 4.79 Å². The summed E-state index contributed by atoms with van der Waals surface area (Å²) in [5, 5.41) is 3.83. The lowest BCUT2D eigenvalue weighted by atomic mass is 10.1. The molecule has 1 heterocycles. The summed E-state index contributed by atoms with van der Waals surface area (Å²) in [5.74, 6) is 0.289. The van der Waals surface area contributed by atoms with Gasteiger partial charge in [0.15, 0.2) is 5.66 Å². The van der Waals surface area contributed by atoms with Gasteiger partial charge in [0, 0.05) is 15.7 Å². The summed E-state index contributed by atoms with van der Waals surface area (Å²) in [4.78, 5) is 22.4. The first-order valence-electron chi connectivity index (χ1n) is 9.48. The molecular weight excluding hydrogens is 434 g/mol. The topological polar surface area (TPSA) is 53.8 Å². The lowest BCUT2D eigenvalue weighted by molar-refractivity contribution is -0.113. The average Bonchev–Trinajstić information content (AvgIpc) is 3.30. The van der Waals surface area contributed by atoms with Crippen molar-refractivity contribution in [3.63, 3.8) is 0 Å². The molecule has 6 heteroatoms. The molecule has 0 aromatic heterocycles. The molecule has 1 amide bonds. The number of nitrogens with zero attached hydrogens (tertiary/aromatic N) is 2. The fourth-order valence-corrected chi connectivity index (χ4v) is 4.69. The van der Waals surface area contributed by atoms with Crippen LogP contribution in [0, 0.1) is 6.92 Å². The van der Waals surface area contributed by atoms with E-state index in [1.807, 2.05) is 43.3 Å². The molecule has 2 aliphatic rings. The molecule has 0 atom stereocenters. The fraction of sp³-hybridized carbons (Fsp3) is 0.318. The van der Waals surface area contributed by atoms with Crippen molar-refractivity contribution in [1.29, 1.82) is 0 Å². The van der Waals surface area contributed by atoms with Crippen LogP contribution in [0.15, 0.2) is 63.0 Å². The number of rotatable bonds is 4. The van der Waals surface area contributed by atoms with Crippen LogP contribution in [0.1, 0.15) is 36.8 Å². The molecule has 1 saturated carbocycles. The van der Waals surface area contributed by atoms with E-state index >= 15 is 0 Å². The second-order valence-corrected chi connectivity index (χ2v) is 9.16. The highest BCUT2D eigenvalue weighted by molar-refractivity contribution is 9.10. The van der Waals surface area contributed by atoms with E-state index in [9.17, 15) is 4.79 Å². The molecule has 1 fully saturated rings. The number of carbonyl (C=O) groups is 1. The number of hydrogen-bond donors (Lipinski definition) is 1. The number of hydrogen-bond acceptors (Lipinski definition) is 4. The third-order valence-corrected chi connectivity index (χ3v) is 6.52. The SMILES string of the molecule is Cc1ccc(NC(=O)CSC2=NC3(CCCC3)N=C2c2ccc(Br)cc2)cc1. The maximum Gasteiger partial charge on any atom is 0.234 e. The van der Waals surface area contributed by atoms with Gasteiger partial charge in [-0.15, -0.1) is 0 Å². The Hall–Kier alpha value is -1.92. The highest BCUT2D eigenvalue weighted by Crippen LogP contribution is 2.40. The summed E-state index contributed by atoms with van der Waals surface area (Å²) < 4.78 is 1.04. The zero-order valence-corrected chi connectivity index (χ0v) is 18.1. The lowest BCUT2D eigenvalue weighted by Crippen LogP contribution is -2.17. The van der Waals surface area contributed by atoms with Crippen molar-refractivity contribution in [3.05, 3.63) is 64.1 Å². The molecule has 2 aromatic rings. The van der Waals surface area contributed by atoms with Crippen molar-refractivity contribution >= 4 is 50.0 Å². The number of halogens is 1. The Balaban J connectivity index is 1.48. The average molecular weight is 456 g/mol. The van der Waals surface area contributed by atoms with Crippen LogP contribution in [-0.4, -0.2) is 28.1 Å². The van der Waals surface area contributed by atoms with E-state index < -0.39 is 0 Å². The Kier molecular flexibility index (Phi) is 5.69. The van der Waals surface area contributed by atoms with Crippen LogP contribution in [0.25, 0.3) is 0 Å². The first-order valence-corrected chi connectivity index (χ1v) is 11.3. The molecule has 0 unspecified atom stereocenters. The molecule has 1 N–H and O–H groups in total. The van der Waals surface area contributed by atoms with E-state index in [1.165, 1.54) is 17.3 Å². The minimum Gasteiger partial charge on any atom is -0.325 e. The van der Waals surface area contributed by atoms with Crippen LogP contribution in [0.4, 0.5) is 5.69 Å². The standard InChI is InChI=1S/C22H22BrN3OS/c1-15-4-10-18(11-5-15)24-19(27)14-28-21-20(16-6-8-17(23)9-7-16)25-22(26-21)12-2-3-13-22/h4-11H,2-3,12-14H2,1H3,(H,24,27). The van der Waals surface area contributed by atoms with Gasteiger partial charge in [0.2, 0.25) is 5.91 Å². The second kappa shape index (κ2) is 8.21. The molecule has 1 aliphatic carbocycles. The summed E-state index contributed by atoms with van der Waals surface area (Å²) in [6.07, 6.45) is 4.30. The molecule has 1 spiro atoms. The lowest BCUT2D eigenvalue weighted by Gasteiger charge is -2.14. The number of thioether (sulfide) groups is 1. The van der Waals surface area contributed by atoms with E-state index in [2.05, 4.69) is 33.4 Å². The Morgan fingerprint density at radius 3 is 2.43 bits per heavy atom. The minimum atomic E-state index is -0.307. The largest absolute Gasteiger partial charge is 0.325 e. The van der Waals surface area contributed by atoms with E-state index in [0.29, 0.717) is 5.75 Å². The summed E-state index contributed by atoms with van der Waals surface area (Å²) in [5.41, 5.74) is 3.65. The van der Waals surface area contributed by atoms with E-state index in [1.54, 1.807) is 0 Å². The van der Waals surface area contributed by atoms with Gasteiger partial charge < -0.3 is 5.32 Å². The number of anilines is 1. The van der Waals surface area contributed by atoms with Gasteiger partial charge in [0.25, 0.3) is 0 Å². The molecule has 144 valence electrons. The number of benzene rings is 2. The maximum atomic E-state index is 12.4. The van der Waals surface area contributed by atoms with E-state index in [0.717, 1.165) is 52.2 Å². The van der Waals surface area contributed by atoms with Crippen LogP contribution in [0.2, 0.25) is 0 Å². The summed E-state index contributed by atoms with van der Waals surface area (Å²) >= 11 is 4.96. The number of carbonyl (C=O) groups excluding carboxylic acids is 1. The zero-order chi connectivity index (χ0) is 19.6. The highest BCUT2D eigenvalue weighted by Gasteiger charge is 2.39. The van der Waals surface area contributed by atoms with E-state index in [-0.39, 0.29) is 11.6 Å². The Morgan fingerprint density at radius 2 is 1.75 bits per heavy atom. The fourth-order valence-electron chi connectivity index (χ4n) is 3.55. The van der Waals surface area contributed by atoms with Gasteiger partial charge >= 0.3 is 0 Å². The van der Waals surface area contributed by atoms with Crippen LogP contribution in [-0.2, 0) is 4.79 Å². The smallest absolute Gasteiger partial charge is 0.234 e. The molecule has 0 bridgehead atoms. The first-order chi connectivity index (χ1) is 13.5. The molecular formula is C22H22BrN3OS. The van der Waals surface area contributed by atoms with Gasteiger partial charge in [0.05, 0.1) is 11.5 Å². The highest BCUT2D eigenvalue weighted by atomic mass is 79.9. The predicted octanol–water partition coefficient (Wildman–Crippen LogP) is 5.60. The second-order valence-electron chi connectivity index (χ2n) is 7.28. The monoisotopic (exact) mass is 455 g/mol. The molecule has 4 nitrogen and oxygen atoms in total. The summed E-state index contributed by atoms with van der Waals surface area (Å²) in [6.45, 7) is 2.03. The number of aliphatic imine (C=N–C) groups is 2. The normalized spacial score (nSPS) is 17.5. The third kappa shape index (κ3) is 4.39. The molecule has 4 rings (SSSR count). The van der Waals surface area contributed by atoms with Gasteiger partial charge in [-0.2, -0.15) is 0 Å². The molecule has 2 aromatic carbocycles. The summed E-state index contributed by atoms with van der Waals surface area (Å²) in [6, 6.07) is 16.0. The van der Waals surface area contributed by atoms with Crippen LogP contribution in [0.5, 0.6) is 0 Å². The molecule has 0 saturated heterocycles. The van der Waals surface area contributed by atoms with Gasteiger partial charge in [-0.3, -0.25) is 9.79 Å². The van der Waals surface area contributed by atoms with Crippen LogP contribution >= 0.6 is 27.7 Å². The predicted molar refractivity (Wildman–Crippen MR) is 122 cm³/mol. The number of nitrogens with one attached hydrogen (secondary N) is 1. The van der Waals surface area contributed by atoms with Gasteiger partial charge in [-0.1, -0.05) is 57.5 Å². The molecule has 0 radical (unpaired) electrons. The first kappa shape index (κ1) is 19.4. The zero-order valence-electron chi connectivity index (χ0n) is 15.7. The van der Waals surface area contributed by atoms with Gasteiger partial charge in [-0.05, 0) is 56.9 Å². The molecule has 1 aliphatic heterocycles. The Labute approximate surface area is 178 Å². The van der Waals surface area contributed by atoms with Crippen molar-refractivity contribution in [2.24, 2.45) is 9.98 Å². The van der Waals surface area contributed by atoms with Crippen molar-refractivity contribution in [3.8, 4) is 0 Å². The third-order valence-electron chi connectivity index (χ3n) is 5.03. The van der Waals surface area contributed by atoms with Crippen molar-refractivity contribution in [1.82, 2.24) is 0 Å². The Bertz CT molecular complexity index is 929. The minimum absolute atomic E-state index is 0.0286. The quantitative estimate of drug-likeness (QED) is 0.651. The van der Waals surface area contributed by atoms with Gasteiger partial charge in [0.1, 0.15) is 5.04 Å². The Morgan fingerprint density at radius 1 is 1.07 bits per heavy atom.